The number of benzene rings is 1. The molecule has 3 rings (SSSR count). The summed E-state index contributed by atoms with van der Waals surface area (Å²) in [5, 5.41) is 6.04. The minimum absolute atomic E-state index is 0.0735. The van der Waals surface area contributed by atoms with E-state index in [0.717, 1.165) is 16.9 Å². The first-order chi connectivity index (χ1) is 14.0. The van der Waals surface area contributed by atoms with Crippen molar-refractivity contribution in [1.29, 1.82) is 0 Å². The molecule has 1 saturated heterocycles. The summed E-state index contributed by atoms with van der Waals surface area (Å²) in [4.78, 5) is 39.3. The van der Waals surface area contributed by atoms with Crippen LogP contribution in [0.2, 0.25) is 0 Å². The third kappa shape index (κ3) is 5.22. The number of nitrogens with one attached hydrogen (secondary N) is 1. The first-order valence-electron chi connectivity index (χ1n) is 9.77. The van der Waals surface area contributed by atoms with Crippen LogP contribution < -0.4 is 10.3 Å². The van der Waals surface area contributed by atoms with Gasteiger partial charge in [-0.25, -0.2) is 5.10 Å². The molecule has 0 unspecified atom stereocenters. The van der Waals surface area contributed by atoms with Gasteiger partial charge in [0.05, 0.1) is 6.61 Å². The molecule has 0 aliphatic carbocycles. The summed E-state index contributed by atoms with van der Waals surface area (Å²) in [6.07, 6.45) is 1.06. The number of aromatic nitrogens is 2. The largest absolute Gasteiger partial charge is 0.493 e. The fourth-order valence-electron chi connectivity index (χ4n) is 3.37. The van der Waals surface area contributed by atoms with Crippen molar-refractivity contribution in [2.45, 2.75) is 26.7 Å². The van der Waals surface area contributed by atoms with Crippen LogP contribution in [-0.2, 0) is 4.79 Å². The number of aryl methyl sites for hydroxylation is 2. The number of ether oxygens (including phenoxy) is 1. The molecule has 1 aliphatic rings. The van der Waals surface area contributed by atoms with E-state index in [-0.39, 0.29) is 23.1 Å². The molecular formula is C21H26N4O4. The Balaban J connectivity index is 1.41. The number of rotatable bonds is 6. The highest BCUT2D eigenvalue weighted by Crippen LogP contribution is 2.22. The van der Waals surface area contributed by atoms with E-state index in [2.05, 4.69) is 10.2 Å². The van der Waals surface area contributed by atoms with E-state index in [1.54, 1.807) is 9.80 Å². The van der Waals surface area contributed by atoms with Crippen molar-refractivity contribution in [3.8, 4) is 5.75 Å². The lowest BCUT2D eigenvalue weighted by atomic mass is 10.1. The van der Waals surface area contributed by atoms with Gasteiger partial charge in [0.1, 0.15) is 11.4 Å². The molecule has 2 heterocycles. The minimum Gasteiger partial charge on any atom is -0.493 e. The van der Waals surface area contributed by atoms with Crippen molar-refractivity contribution in [2.75, 3.05) is 32.8 Å². The molecule has 0 atom stereocenters. The van der Waals surface area contributed by atoms with Gasteiger partial charge in [0.2, 0.25) is 5.91 Å². The molecule has 1 N–H and O–H groups in total. The van der Waals surface area contributed by atoms with Crippen LogP contribution in [0.4, 0.5) is 0 Å². The molecule has 1 aromatic heterocycles. The number of carbonyl (C=O) groups excluding carboxylic acids is 2. The van der Waals surface area contributed by atoms with Crippen LogP contribution in [0.25, 0.3) is 0 Å². The lowest BCUT2D eigenvalue weighted by molar-refractivity contribution is -0.132. The smallest absolute Gasteiger partial charge is 0.274 e. The number of amides is 2. The second kappa shape index (κ2) is 9.36. The van der Waals surface area contributed by atoms with Gasteiger partial charge in [-0.15, -0.1) is 0 Å². The van der Waals surface area contributed by atoms with Gasteiger partial charge in [-0.1, -0.05) is 18.2 Å². The number of H-pyrrole nitrogens is 1. The highest BCUT2D eigenvalue weighted by molar-refractivity contribution is 5.92. The van der Waals surface area contributed by atoms with Gasteiger partial charge in [0.25, 0.3) is 11.5 Å². The molecule has 1 fully saturated rings. The Bertz CT molecular complexity index is 892. The second-order valence-electron chi connectivity index (χ2n) is 7.15. The standard InChI is InChI=1S/C21H26N4O4/c1-15-5-3-6-16(2)20(15)29-14-4-7-19(27)24-10-12-25(13-11-24)21(28)17-8-9-18(26)23-22-17/h3,5-6,8-9H,4,7,10-14H2,1-2H3,(H,23,26). The summed E-state index contributed by atoms with van der Waals surface area (Å²) in [6.45, 7) is 6.40. The van der Waals surface area contributed by atoms with Crippen LogP contribution in [0, 0.1) is 13.8 Å². The Morgan fingerprint density at radius 3 is 2.31 bits per heavy atom. The second-order valence-corrected chi connectivity index (χ2v) is 7.15. The van der Waals surface area contributed by atoms with Crippen LogP contribution >= 0.6 is 0 Å². The van der Waals surface area contributed by atoms with Crippen molar-refractivity contribution in [3.63, 3.8) is 0 Å². The van der Waals surface area contributed by atoms with E-state index in [0.29, 0.717) is 45.6 Å². The maximum absolute atomic E-state index is 12.4. The zero-order valence-corrected chi connectivity index (χ0v) is 16.8. The average Bonchev–Trinajstić information content (AvgIpc) is 2.73. The van der Waals surface area contributed by atoms with Crippen LogP contribution in [0.15, 0.2) is 35.1 Å². The van der Waals surface area contributed by atoms with Crippen LogP contribution in [-0.4, -0.2) is 64.6 Å². The normalized spacial score (nSPS) is 14.0. The van der Waals surface area contributed by atoms with E-state index in [4.69, 9.17) is 4.74 Å². The van der Waals surface area contributed by atoms with E-state index in [9.17, 15) is 14.4 Å². The van der Waals surface area contributed by atoms with Gasteiger partial charge < -0.3 is 14.5 Å². The third-order valence-electron chi connectivity index (χ3n) is 5.01. The number of aromatic amines is 1. The van der Waals surface area contributed by atoms with Gasteiger partial charge in [-0.2, -0.15) is 5.10 Å². The van der Waals surface area contributed by atoms with Crippen LogP contribution in [0.1, 0.15) is 34.5 Å². The Morgan fingerprint density at radius 2 is 1.69 bits per heavy atom. The monoisotopic (exact) mass is 398 g/mol. The Kier molecular flexibility index (Phi) is 6.64. The zero-order chi connectivity index (χ0) is 20.8. The van der Waals surface area contributed by atoms with Crippen molar-refractivity contribution in [2.24, 2.45) is 0 Å². The van der Waals surface area contributed by atoms with Crippen molar-refractivity contribution < 1.29 is 14.3 Å². The molecule has 1 aromatic carbocycles. The SMILES string of the molecule is Cc1cccc(C)c1OCCCC(=O)N1CCN(C(=O)c2ccc(=O)[nH]n2)CC1. The Hall–Kier alpha value is -3.16. The molecule has 8 nitrogen and oxygen atoms in total. The molecule has 29 heavy (non-hydrogen) atoms. The lowest BCUT2D eigenvalue weighted by Crippen LogP contribution is -2.50. The van der Waals surface area contributed by atoms with E-state index in [1.807, 2.05) is 32.0 Å². The quantitative estimate of drug-likeness (QED) is 0.745. The fraction of sp³-hybridized carbons (Fsp3) is 0.429. The highest BCUT2D eigenvalue weighted by atomic mass is 16.5. The molecule has 8 heteroatoms. The van der Waals surface area contributed by atoms with Crippen LogP contribution in [0.3, 0.4) is 0 Å². The van der Waals surface area contributed by atoms with Crippen molar-refractivity contribution >= 4 is 11.8 Å². The van der Waals surface area contributed by atoms with E-state index in [1.165, 1.54) is 12.1 Å². The average molecular weight is 398 g/mol. The molecule has 2 amide bonds. The van der Waals surface area contributed by atoms with Gasteiger partial charge in [-0.05, 0) is 37.5 Å². The maximum atomic E-state index is 12.4. The summed E-state index contributed by atoms with van der Waals surface area (Å²) < 4.78 is 5.86. The van der Waals surface area contributed by atoms with E-state index < -0.39 is 0 Å². The predicted octanol–water partition coefficient (Wildman–Crippen LogP) is 1.53. The first-order valence-corrected chi connectivity index (χ1v) is 9.77. The minimum atomic E-state index is -0.349. The maximum Gasteiger partial charge on any atom is 0.274 e. The third-order valence-corrected chi connectivity index (χ3v) is 5.01. The number of nitrogens with zero attached hydrogens (tertiary/aromatic N) is 3. The van der Waals surface area contributed by atoms with Gasteiger partial charge >= 0.3 is 0 Å². The summed E-state index contributed by atoms with van der Waals surface area (Å²) >= 11 is 0. The number of carbonyl (C=O) groups is 2. The summed E-state index contributed by atoms with van der Waals surface area (Å²) in [7, 11) is 0. The fourth-order valence-corrected chi connectivity index (χ4v) is 3.37. The van der Waals surface area contributed by atoms with Crippen molar-refractivity contribution in [1.82, 2.24) is 20.0 Å². The number of para-hydroxylation sites is 1. The molecule has 2 aromatic rings. The zero-order valence-electron chi connectivity index (χ0n) is 16.8. The van der Waals surface area contributed by atoms with Crippen LogP contribution in [0.5, 0.6) is 5.75 Å². The predicted molar refractivity (Wildman–Crippen MR) is 108 cm³/mol. The summed E-state index contributed by atoms with van der Waals surface area (Å²) in [5.74, 6) is 0.725. The molecular weight excluding hydrogens is 372 g/mol. The molecule has 0 saturated carbocycles. The molecule has 1 aliphatic heterocycles. The van der Waals surface area contributed by atoms with E-state index >= 15 is 0 Å². The Labute approximate surface area is 169 Å². The highest BCUT2D eigenvalue weighted by Gasteiger charge is 2.25. The summed E-state index contributed by atoms with van der Waals surface area (Å²) in [5.41, 5.74) is 2.04. The lowest BCUT2D eigenvalue weighted by Gasteiger charge is -2.34. The molecule has 0 bridgehead atoms. The summed E-state index contributed by atoms with van der Waals surface area (Å²) in [6, 6.07) is 8.71. The van der Waals surface area contributed by atoms with Gasteiger partial charge in [0, 0.05) is 38.7 Å². The van der Waals surface area contributed by atoms with Gasteiger partial charge in [0.15, 0.2) is 0 Å². The number of hydrogen-bond acceptors (Lipinski definition) is 5. The number of piperazine rings is 1. The number of hydrogen-bond donors (Lipinski definition) is 1. The van der Waals surface area contributed by atoms with Crippen molar-refractivity contribution in [3.05, 3.63) is 57.5 Å². The molecule has 154 valence electrons. The topological polar surface area (TPSA) is 95.6 Å². The molecule has 0 spiro atoms. The first kappa shape index (κ1) is 20.6. The Morgan fingerprint density at radius 1 is 1.03 bits per heavy atom. The van der Waals surface area contributed by atoms with Gasteiger partial charge in [-0.3, -0.25) is 14.4 Å². The molecule has 0 radical (unpaired) electrons.